The number of nitrogens with zero attached hydrogens (tertiary/aromatic N) is 2. The molecule has 0 radical (unpaired) electrons. The molecule has 32 heavy (non-hydrogen) atoms. The lowest BCUT2D eigenvalue weighted by Gasteiger charge is -2.09. The van der Waals surface area contributed by atoms with Gasteiger partial charge in [-0.15, -0.1) is 0 Å². The smallest absolute Gasteiger partial charge is 0.318 e. The fraction of sp³-hybridized carbons (Fsp3) is 0.143. The van der Waals surface area contributed by atoms with Crippen LogP contribution < -0.4 is 21.7 Å². The van der Waals surface area contributed by atoms with E-state index in [-0.39, 0.29) is 39.9 Å². The highest BCUT2D eigenvalue weighted by molar-refractivity contribution is 7.90. The maximum atomic E-state index is 12.8. The van der Waals surface area contributed by atoms with E-state index in [0.717, 1.165) is 0 Å². The minimum Gasteiger partial charge on any atom is -0.384 e. The molecule has 10 nitrogen and oxygen atoms in total. The monoisotopic (exact) mass is 454 g/mol. The highest BCUT2D eigenvalue weighted by Crippen LogP contribution is 2.23. The molecule has 166 valence electrons. The second kappa shape index (κ2) is 9.43. The van der Waals surface area contributed by atoms with Crippen molar-refractivity contribution in [3.05, 3.63) is 60.3 Å². The number of rotatable bonds is 6. The Morgan fingerprint density at radius 1 is 0.938 bits per heavy atom. The Balaban J connectivity index is 1.82. The molecule has 0 aliphatic rings. The Bertz CT molecular complexity index is 1240. The van der Waals surface area contributed by atoms with E-state index in [0.29, 0.717) is 16.9 Å². The van der Waals surface area contributed by atoms with Crippen LogP contribution in [0.25, 0.3) is 11.4 Å². The largest absolute Gasteiger partial charge is 0.384 e. The number of nitrogens with two attached hydrogens (primary N) is 1. The number of nitrogens with one attached hydrogen (secondary N) is 3. The third-order valence-corrected chi connectivity index (χ3v) is 5.96. The first-order valence-electron chi connectivity index (χ1n) is 9.49. The molecule has 3 amide bonds. The van der Waals surface area contributed by atoms with Crippen molar-refractivity contribution in [2.75, 3.05) is 23.4 Å². The molecule has 0 atom stereocenters. The quantitative estimate of drug-likeness (QED) is 0.445. The summed E-state index contributed by atoms with van der Waals surface area (Å²) in [6.07, 6.45) is 0. The van der Waals surface area contributed by atoms with E-state index in [1.807, 2.05) is 0 Å². The molecule has 3 rings (SSSR count). The lowest BCUT2D eigenvalue weighted by Crippen LogP contribution is -2.24. The minimum absolute atomic E-state index is 0.0926. The molecule has 0 saturated heterocycles. The standard InChI is InChI=1S/C21H22N6O4S/c1-13(28)24-15-7-9-18(10-8-15)32(30,31)12-17-11-19(22)27-20(25-17)14-3-5-16(6-4-14)26-21(29)23-2/h3-11H,12H2,1-2H3,(H,24,28)(H2,22,25,27)(H2,23,26,29). The first kappa shape index (κ1) is 22.7. The topological polar surface area (TPSA) is 156 Å². The van der Waals surface area contributed by atoms with Crippen LogP contribution in [0.1, 0.15) is 12.6 Å². The lowest BCUT2D eigenvalue weighted by molar-refractivity contribution is -0.114. The van der Waals surface area contributed by atoms with Gasteiger partial charge >= 0.3 is 6.03 Å². The van der Waals surface area contributed by atoms with Crippen LogP contribution in [0.3, 0.4) is 0 Å². The summed E-state index contributed by atoms with van der Waals surface area (Å²) in [5, 5.41) is 7.68. The molecule has 0 saturated carbocycles. The number of amides is 3. The summed E-state index contributed by atoms with van der Waals surface area (Å²) in [4.78, 5) is 31.2. The van der Waals surface area contributed by atoms with E-state index in [4.69, 9.17) is 5.73 Å². The number of aromatic nitrogens is 2. The van der Waals surface area contributed by atoms with Gasteiger partial charge in [-0.05, 0) is 48.5 Å². The molecule has 5 N–H and O–H groups in total. The Hall–Kier alpha value is -3.99. The van der Waals surface area contributed by atoms with Crippen LogP contribution in [0.5, 0.6) is 0 Å². The Labute approximate surface area is 185 Å². The zero-order chi connectivity index (χ0) is 23.3. The number of anilines is 3. The summed E-state index contributed by atoms with van der Waals surface area (Å²) in [6, 6.07) is 13.7. The van der Waals surface area contributed by atoms with Crippen molar-refractivity contribution >= 4 is 39.0 Å². The summed E-state index contributed by atoms with van der Waals surface area (Å²) in [7, 11) is -2.20. The van der Waals surface area contributed by atoms with Crippen LogP contribution >= 0.6 is 0 Å². The first-order valence-corrected chi connectivity index (χ1v) is 11.1. The second-order valence-corrected chi connectivity index (χ2v) is 8.84. The van der Waals surface area contributed by atoms with Gasteiger partial charge in [0.15, 0.2) is 15.7 Å². The fourth-order valence-corrected chi connectivity index (χ4v) is 4.10. The molecule has 0 aliphatic heterocycles. The molecule has 11 heteroatoms. The zero-order valence-electron chi connectivity index (χ0n) is 17.4. The molecular formula is C21H22N6O4S. The molecule has 3 aromatic rings. The van der Waals surface area contributed by atoms with Crippen LogP contribution in [0.15, 0.2) is 59.5 Å². The third-order valence-electron chi connectivity index (χ3n) is 4.30. The number of hydrogen-bond acceptors (Lipinski definition) is 7. The average Bonchev–Trinajstić information content (AvgIpc) is 2.73. The number of carbonyl (C=O) groups is 2. The van der Waals surface area contributed by atoms with Crippen LogP contribution in [-0.4, -0.2) is 37.4 Å². The van der Waals surface area contributed by atoms with E-state index >= 15 is 0 Å². The van der Waals surface area contributed by atoms with Gasteiger partial charge in [0.1, 0.15) is 5.82 Å². The molecule has 1 aromatic heterocycles. The number of benzene rings is 2. The van der Waals surface area contributed by atoms with Gasteiger partial charge in [-0.3, -0.25) is 4.79 Å². The summed E-state index contributed by atoms with van der Waals surface area (Å²) >= 11 is 0. The Morgan fingerprint density at radius 2 is 1.53 bits per heavy atom. The van der Waals surface area contributed by atoms with Crippen LogP contribution in [0.2, 0.25) is 0 Å². The summed E-state index contributed by atoms with van der Waals surface area (Å²) in [5.74, 6) is -0.221. The van der Waals surface area contributed by atoms with Gasteiger partial charge < -0.3 is 21.7 Å². The van der Waals surface area contributed by atoms with Gasteiger partial charge in [-0.2, -0.15) is 0 Å². The zero-order valence-corrected chi connectivity index (χ0v) is 18.2. The molecule has 0 bridgehead atoms. The Morgan fingerprint density at radius 3 is 2.12 bits per heavy atom. The van der Waals surface area contributed by atoms with E-state index < -0.39 is 9.84 Å². The lowest BCUT2D eigenvalue weighted by atomic mass is 10.2. The normalized spacial score (nSPS) is 10.9. The number of hydrogen-bond donors (Lipinski definition) is 4. The van der Waals surface area contributed by atoms with Crippen molar-refractivity contribution < 1.29 is 18.0 Å². The molecule has 1 heterocycles. The minimum atomic E-state index is -3.71. The van der Waals surface area contributed by atoms with Gasteiger partial charge in [0, 0.05) is 37.0 Å². The van der Waals surface area contributed by atoms with E-state index in [1.54, 1.807) is 24.3 Å². The van der Waals surface area contributed by atoms with Crippen molar-refractivity contribution in [2.24, 2.45) is 0 Å². The van der Waals surface area contributed by atoms with E-state index in [9.17, 15) is 18.0 Å². The van der Waals surface area contributed by atoms with Crippen LogP contribution in [0.4, 0.5) is 22.0 Å². The highest BCUT2D eigenvalue weighted by Gasteiger charge is 2.18. The maximum absolute atomic E-state index is 12.8. The second-order valence-electron chi connectivity index (χ2n) is 6.85. The SMILES string of the molecule is CNC(=O)Nc1ccc(-c2nc(N)cc(CS(=O)(=O)c3ccc(NC(C)=O)cc3)n2)cc1. The van der Waals surface area contributed by atoms with E-state index in [1.165, 1.54) is 44.3 Å². The van der Waals surface area contributed by atoms with Crippen LogP contribution in [-0.2, 0) is 20.4 Å². The molecule has 0 spiro atoms. The highest BCUT2D eigenvalue weighted by atomic mass is 32.2. The maximum Gasteiger partial charge on any atom is 0.318 e. The van der Waals surface area contributed by atoms with Crippen LogP contribution in [0, 0.1) is 0 Å². The Kier molecular flexibility index (Phi) is 6.69. The average molecular weight is 455 g/mol. The van der Waals surface area contributed by atoms with Crippen molar-refractivity contribution in [1.29, 1.82) is 0 Å². The van der Waals surface area contributed by atoms with Crippen molar-refractivity contribution in [3.63, 3.8) is 0 Å². The van der Waals surface area contributed by atoms with Gasteiger partial charge in [0.25, 0.3) is 0 Å². The van der Waals surface area contributed by atoms with Gasteiger partial charge in [-0.25, -0.2) is 23.2 Å². The van der Waals surface area contributed by atoms with E-state index in [2.05, 4.69) is 25.9 Å². The van der Waals surface area contributed by atoms with Crippen molar-refractivity contribution in [1.82, 2.24) is 15.3 Å². The number of carbonyl (C=O) groups excluding carboxylic acids is 2. The van der Waals surface area contributed by atoms with Gasteiger partial charge in [0.2, 0.25) is 5.91 Å². The summed E-state index contributed by atoms with van der Waals surface area (Å²) in [6.45, 7) is 1.37. The third kappa shape index (κ3) is 5.79. The summed E-state index contributed by atoms with van der Waals surface area (Å²) < 4.78 is 25.7. The first-order chi connectivity index (χ1) is 15.2. The molecule has 0 aliphatic carbocycles. The molecule has 0 fully saturated rings. The summed E-state index contributed by atoms with van der Waals surface area (Å²) in [5.41, 5.74) is 7.81. The molecular weight excluding hydrogens is 432 g/mol. The van der Waals surface area contributed by atoms with Gasteiger partial charge in [0.05, 0.1) is 16.3 Å². The number of urea groups is 1. The molecule has 2 aromatic carbocycles. The number of nitrogen functional groups attached to an aromatic ring is 1. The van der Waals surface area contributed by atoms with Crippen molar-refractivity contribution in [3.8, 4) is 11.4 Å². The fourth-order valence-electron chi connectivity index (χ4n) is 2.84. The van der Waals surface area contributed by atoms with Gasteiger partial charge in [-0.1, -0.05) is 0 Å². The van der Waals surface area contributed by atoms with Crippen molar-refractivity contribution in [2.45, 2.75) is 17.6 Å². The number of sulfone groups is 1. The predicted molar refractivity (Wildman–Crippen MR) is 122 cm³/mol. The predicted octanol–water partition coefficient (Wildman–Crippen LogP) is 2.41. The molecule has 0 unspecified atom stereocenters.